The van der Waals surface area contributed by atoms with E-state index in [-0.39, 0.29) is 17.9 Å². The predicted octanol–water partition coefficient (Wildman–Crippen LogP) is 1.94. The van der Waals surface area contributed by atoms with Crippen LogP contribution in [0.2, 0.25) is 0 Å². The van der Waals surface area contributed by atoms with E-state index in [0.29, 0.717) is 18.9 Å². The van der Waals surface area contributed by atoms with Crippen LogP contribution >= 0.6 is 0 Å². The molecular formula is C14H20O4. The van der Waals surface area contributed by atoms with E-state index in [1.54, 1.807) is 13.8 Å². The van der Waals surface area contributed by atoms with Crippen LogP contribution in [0.4, 0.5) is 0 Å². The number of ether oxygens (including phenoxy) is 2. The van der Waals surface area contributed by atoms with E-state index in [1.165, 1.54) is 7.11 Å². The van der Waals surface area contributed by atoms with Crippen LogP contribution in [0.25, 0.3) is 0 Å². The maximum atomic E-state index is 12.4. The largest absolute Gasteiger partial charge is 0.469 e. The minimum Gasteiger partial charge on any atom is -0.469 e. The predicted molar refractivity (Wildman–Crippen MR) is 65.6 cm³/mol. The van der Waals surface area contributed by atoms with E-state index >= 15 is 0 Å². The van der Waals surface area contributed by atoms with Crippen LogP contribution in [-0.4, -0.2) is 25.7 Å². The van der Waals surface area contributed by atoms with Gasteiger partial charge in [0.15, 0.2) is 0 Å². The fourth-order valence-corrected chi connectivity index (χ4v) is 3.46. The van der Waals surface area contributed by atoms with Gasteiger partial charge in [-0.3, -0.25) is 9.59 Å². The van der Waals surface area contributed by atoms with Gasteiger partial charge in [0.1, 0.15) is 0 Å². The molecule has 4 heteroatoms. The Morgan fingerprint density at radius 2 is 2.17 bits per heavy atom. The lowest BCUT2D eigenvalue weighted by Gasteiger charge is -2.36. The highest BCUT2D eigenvalue weighted by molar-refractivity contribution is 5.86. The van der Waals surface area contributed by atoms with Crippen LogP contribution in [0.3, 0.4) is 0 Å². The average Bonchev–Trinajstić information content (AvgIpc) is 2.97. The molecule has 1 saturated carbocycles. The highest BCUT2D eigenvalue weighted by atomic mass is 16.5. The number of hydrogen-bond acceptors (Lipinski definition) is 4. The molecule has 0 aromatic heterocycles. The summed E-state index contributed by atoms with van der Waals surface area (Å²) in [7, 11) is 1.36. The van der Waals surface area contributed by atoms with Crippen molar-refractivity contribution >= 4 is 11.9 Å². The highest BCUT2D eigenvalue weighted by Crippen LogP contribution is 2.56. The molecule has 4 atom stereocenters. The molecule has 1 fully saturated rings. The number of hydrogen-bond donors (Lipinski definition) is 0. The van der Waals surface area contributed by atoms with Crippen molar-refractivity contribution in [3.63, 3.8) is 0 Å². The Hall–Kier alpha value is -1.32. The van der Waals surface area contributed by atoms with Crippen LogP contribution in [0.5, 0.6) is 0 Å². The lowest BCUT2D eigenvalue weighted by molar-refractivity contribution is -0.170. The zero-order valence-electron chi connectivity index (χ0n) is 11.1. The number of rotatable bonds is 4. The third-order valence-corrected chi connectivity index (χ3v) is 4.42. The fraction of sp³-hybridized carbons (Fsp3) is 0.714. The van der Waals surface area contributed by atoms with Crippen molar-refractivity contribution < 1.29 is 19.1 Å². The van der Waals surface area contributed by atoms with Gasteiger partial charge in [0.2, 0.25) is 0 Å². The number of carbonyl (C=O) groups is 2. The number of allylic oxidation sites excluding steroid dienone is 2. The second kappa shape index (κ2) is 4.75. The molecular weight excluding hydrogens is 232 g/mol. The summed E-state index contributed by atoms with van der Waals surface area (Å²) >= 11 is 0. The SMILES string of the molecule is CCOC(=O)C1(C(C)C(=O)OC)CC2C=CC1C2. The molecule has 0 spiro atoms. The second-order valence-corrected chi connectivity index (χ2v) is 5.20. The maximum Gasteiger partial charge on any atom is 0.313 e. The van der Waals surface area contributed by atoms with Gasteiger partial charge in [-0.15, -0.1) is 0 Å². The summed E-state index contributed by atoms with van der Waals surface area (Å²) < 4.78 is 10.0. The minimum atomic E-state index is -0.720. The second-order valence-electron chi connectivity index (χ2n) is 5.20. The standard InChI is InChI=1S/C14H20O4/c1-4-18-13(16)14(9(2)12(15)17-3)8-10-5-6-11(14)7-10/h5-6,9-11H,4,7-8H2,1-3H3. The number of carbonyl (C=O) groups excluding carboxylic acids is 2. The van der Waals surface area contributed by atoms with Gasteiger partial charge in [-0.25, -0.2) is 0 Å². The molecule has 2 bridgehead atoms. The molecule has 0 aromatic rings. The van der Waals surface area contributed by atoms with Crippen LogP contribution in [-0.2, 0) is 19.1 Å². The molecule has 100 valence electrons. The molecule has 0 amide bonds. The first-order valence-electron chi connectivity index (χ1n) is 6.49. The molecule has 0 radical (unpaired) electrons. The van der Waals surface area contributed by atoms with Crippen molar-refractivity contribution in [2.75, 3.05) is 13.7 Å². The Labute approximate surface area is 107 Å². The summed E-state index contributed by atoms with van der Waals surface area (Å²) in [5.74, 6) is -0.535. The van der Waals surface area contributed by atoms with Gasteiger partial charge in [-0.1, -0.05) is 19.1 Å². The van der Waals surface area contributed by atoms with Gasteiger partial charge < -0.3 is 9.47 Å². The Morgan fingerprint density at radius 3 is 2.61 bits per heavy atom. The van der Waals surface area contributed by atoms with Crippen molar-refractivity contribution in [3.05, 3.63) is 12.2 Å². The normalized spacial score (nSPS) is 34.4. The van der Waals surface area contributed by atoms with Crippen molar-refractivity contribution in [1.82, 2.24) is 0 Å². The lowest BCUT2D eigenvalue weighted by Crippen LogP contribution is -2.45. The minimum absolute atomic E-state index is 0.107. The Morgan fingerprint density at radius 1 is 1.44 bits per heavy atom. The Balaban J connectivity index is 2.32. The van der Waals surface area contributed by atoms with Crippen LogP contribution in [0.1, 0.15) is 26.7 Å². The van der Waals surface area contributed by atoms with Crippen LogP contribution in [0.15, 0.2) is 12.2 Å². The molecule has 0 heterocycles. The van der Waals surface area contributed by atoms with E-state index in [9.17, 15) is 9.59 Å². The average molecular weight is 252 g/mol. The first-order valence-corrected chi connectivity index (χ1v) is 6.49. The van der Waals surface area contributed by atoms with Gasteiger partial charge in [0.25, 0.3) is 0 Å². The van der Waals surface area contributed by atoms with Crippen molar-refractivity contribution in [2.45, 2.75) is 26.7 Å². The molecule has 2 rings (SSSR count). The number of fused-ring (bicyclic) bond motifs is 2. The first kappa shape index (κ1) is 13.1. The molecule has 0 aromatic carbocycles. The summed E-state index contributed by atoms with van der Waals surface area (Å²) in [6.45, 7) is 3.91. The monoisotopic (exact) mass is 252 g/mol. The molecule has 4 nitrogen and oxygen atoms in total. The Kier molecular flexibility index (Phi) is 3.46. The van der Waals surface area contributed by atoms with Gasteiger partial charge in [0.05, 0.1) is 25.0 Å². The van der Waals surface area contributed by atoms with E-state index in [4.69, 9.17) is 9.47 Å². The van der Waals surface area contributed by atoms with Crippen molar-refractivity contribution in [1.29, 1.82) is 0 Å². The highest BCUT2D eigenvalue weighted by Gasteiger charge is 2.59. The summed E-state index contributed by atoms with van der Waals surface area (Å²) in [5, 5.41) is 0. The van der Waals surface area contributed by atoms with Crippen LogP contribution < -0.4 is 0 Å². The lowest BCUT2D eigenvalue weighted by atomic mass is 9.67. The Bertz CT molecular complexity index is 387. The molecule has 4 unspecified atom stereocenters. The summed E-state index contributed by atoms with van der Waals surface area (Å²) in [6, 6.07) is 0. The quantitative estimate of drug-likeness (QED) is 0.567. The summed E-state index contributed by atoms with van der Waals surface area (Å²) in [4.78, 5) is 24.2. The van der Waals surface area contributed by atoms with Crippen molar-refractivity contribution in [3.8, 4) is 0 Å². The van der Waals surface area contributed by atoms with E-state index < -0.39 is 11.3 Å². The molecule has 2 aliphatic rings. The van der Waals surface area contributed by atoms with Crippen molar-refractivity contribution in [2.24, 2.45) is 23.2 Å². The maximum absolute atomic E-state index is 12.4. The van der Waals surface area contributed by atoms with Gasteiger partial charge in [-0.05, 0) is 31.6 Å². The summed E-state index contributed by atoms with van der Waals surface area (Å²) in [6.07, 6.45) is 5.85. The van der Waals surface area contributed by atoms with Gasteiger partial charge in [0, 0.05) is 0 Å². The zero-order chi connectivity index (χ0) is 13.3. The number of methoxy groups -OCH3 is 1. The first-order chi connectivity index (χ1) is 8.56. The van der Waals surface area contributed by atoms with Crippen LogP contribution in [0, 0.1) is 23.2 Å². The van der Waals surface area contributed by atoms with Gasteiger partial charge >= 0.3 is 11.9 Å². The third-order valence-electron chi connectivity index (χ3n) is 4.42. The molecule has 18 heavy (non-hydrogen) atoms. The zero-order valence-corrected chi connectivity index (χ0v) is 11.1. The van der Waals surface area contributed by atoms with E-state index in [2.05, 4.69) is 12.2 Å². The third kappa shape index (κ3) is 1.74. The molecule has 0 saturated heterocycles. The smallest absolute Gasteiger partial charge is 0.313 e. The molecule has 0 N–H and O–H groups in total. The topological polar surface area (TPSA) is 52.6 Å². The van der Waals surface area contributed by atoms with E-state index in [0.717, 1.165) is 6.42 Å². The molecule has 0 aliphatic heterocycles. The molecule has 2 aliphatic carbocycles. The fourth-order valence-electron chi connectivity index (χ4n) is 3.46. The van der Waals surface area contributed by atoms with E-state index in [1.807, 2.05) is 0 Å². The number of esters is 2. The van der Waals surface area contributed by atoms with Gasteiger partial charge in [-0.2, -0.15) is 0 Å². The summed E-state index contributed by atoms with van der Waals surface area (Å²) in [5.41, 5.74) is -0.720.